The molecule has 2 aromatic rings. The van der Waals surface area contributed by atoms with Gasteiger partial charge in [0, 0.05) is 23.1 Å². The summed E-state index contributed by atoms with van der Waals surface area (Å²) in [5.41, 5.74) is 1.29. The van der Waals surface area contributed by atoms with E-state index in [9.17, 15) is 9.59 Å². The molecule has 0 bridgehead atoms. The number of carbonyl (C=O) groups is 2. The Balaban J connectivity index is 1.83. The zero-order valence-electron chi connectivity index (χ0n) is 16.0. The molecule has 2 aromatic carbocycles. The average molecular weight is 404 g/mol. The molecule has 1 N–H and O–H groups in total. The monoisotopic (exact) mass is 403 g/mol. The highest BCUT2D eigenvalue weighted by Crippen LogP contribution is 2.40. The minimum Gasteiger partial charge on any atom is -0.493 e. The first-order chi connectivity index (χ1) is 13.4. The first kappa shape index (κ1) is 20.0. The summed E-state index contributed by atoms with van der Waals surface area (Å²) in [4.78, 5) is 25.1. The van der Waals surface area contributed by atoms with Crippen LogP contribution in [0.25, 0.3) is 0 Å². The molecule has 0 heterocycles. The first-order valence-electron chi connectivity index (χ1n) is 8.91. The van der Waals surface area contributed by atoms with Crippen LogP contribution >= 0.6 is 11.6 Å². The van der Waals surface area contributed by atoms with Crippen LogP contribution in [0, 0.1) is 11.8 Å². The van der Waals surface area contributed by atoms with Crippen LogP contribution in [0.1, 0.15) is 29.3 Å². The largest absolute Gasteiger partial charge is 0.493 e. The predicted octanol–water partition coefficient (Wildman–Crippen LogP) is 4.31. The first-order valence-corrected chi connectivity index (χ1v) is 9.29. The van der Waals surface area contributed by atoms with Crippen molar-refractivity contribution in [2.45, 2.75) is 20.0 Å². The topological polar surface area (TPSA) is 73.9 Å². The van der Waals surface area contributed by atoms with Crippen LogP contribution in [0.5, 0.6) is 11.5 Å². The summed E-state index contributed by atoms with van der Waals surface area (Å²) in [5.74, 6) is 0.383. The van der Waals surface area contributed by atoms with E-state index in [1.54, 1.807) is 24.3 Å². The molecule has 3 rings (SSSR count). The molecular formula is C21H22ClNO5. The van der Waals surface area contributed by atoms with Gasteiger partial charge in [-0.3, -0.25) is 4.79 Å². The van der Waals surface area contributed by atoms with Crippen molar-refractivity contribution in [2.75, 3.05) is 19.5 Å². The molecule has 7 heteroatoms. The van der Waals surface area contributed by atoms with Gasteiger partial charge in [-0.1, -0.05) is 30.7 Å². The normalized spacial score (nSPS) is 17.6. The minimum atomic E-state index is -0.583. The van der Waals surface area contributed by atoms with Gasteiger partial charge >= 0.3 is 5.97 Å². The number of nitrogens with one attached hydrogen (secondary N) is 1. The lowest BCUT2D eigenvalue weighted by atomic mass is 10.1. The van der Waals surface area contributed by atoms with Crippen molar-refractivity contribution in [1.29, 1.82) is 0 Å². The van der Waals surface area contributed by atoms with Gasteiger partial charge in [-0.05, 0) is 30.0 Å². The number of carbonyl (C=O) groups excluding carboxylic acids is 2. The zero-order chi connectivity index (χ0) is 20.3. The summed E-state index contributed by atoms with van der Waals surface area (Å²) in [5, 5.41) is 3.38. The van der Waals surface area contributed by atoms with Crippen LogP contribution in [-0.2, 0) is 16.1 Å². The standard InChI is InChI=1S/C21H22ClNO5/c1-12-7-15(12)20(24)23-17-10-19(27-3)18(26-2)9-16(17)21(25)28-11-13-5-4-6-14(22)8-13/h4-6,8-10,12,15H,7,11H2,1-3H3,(H,23,24). The number of benzene rings is 2. The molecule has 1 aliphatic rings. The Morgan fingerprint density at radius 1 is 1.14 bits per heavy atom. The second-order valence-corrected chi connectivity index (χ2v) is 7.20. The molecule has 2 unspecified atom stereocenters. The summed E-state index contributed by atoms with van der Waals surface area (Å²) >= 11 is 5.96. The molecule has 148 valence electrons. The van der Waals surface area contributed by atoms with Gasteiger partial charge in [0.05, 0.1) is 25.5 Å². The van der Waals surface area contributed by atoms with Gasteiger partial charge in [-0.15, -0.1) is 0 Å². The molecule has 1 saturated carbocycles. The lowest BCUT2D eigenvalue weighted by Gasteiger charge is -2.15. The van der Waals surface area contributed by atoms with Gasteiger partial charge in [0.2, 0.25) is 5.91 Å². The third-order valence-corrected chi connectivity index (χ3v) is 4.94. The number of rotatable bonds is 7. The highest BCUT2D eigenvalue weighted by molar-refractivity contribution is 6.30. The quantitative estimate of drug-likeness (QED) is 0.697. The molecule has 0 aliphatic heterocycles. The molecule has 6 nitrogen and oxygen atoms in total. The average Bonchev–Trinajstić information content (AvgIpc) is 3.42. The van der Waals surface area contributed by atoms with Crippen molar-refractivity contribution in [3.63, 3.8) is 0 Å². The Labute approximate surface area is 168 Å². The van der Waals surface area contributed by atoms with E-state index >= 15 is 0 Å². The van der Waals surface area contributed by atoms with Gasteiger partial charge in [0.25, 0.3) is 0 Å². The number of hydrogen-bond donors (Lipinski definition) is 1. The number of halogens is 1. The van der Waals surface area contributed by atoms with E-state index in [1.807, 2.05) is 13.0 Å². The third kappa shape index (κ3) is 4.57. The lowest BCUT2D eigenvalue weighted by Crippen LogP contribution is -2.18. The van der Waals surface area contributed by atoms with Crippen molar-refractivity contribution < 1.29 is 23.8 Å². The number of amides is 1. The number of esters is 1. The van der Waals surface area contributed by atoms with Crippen LogP contribution in [0.4, 0.5) is 5.69 Å². The summed E-state index contributed by atoms with van der Waals surface area (Å²) in [6.45, 7) is 2.07. The minimum absolute atomic E-state index is 0.0385. The summed E-state index contributed by atoms with van der Waals surface area (Å²) < 4.78 is 16.0. The fourth-order valence-electron chi connectivity index (χ4n) is 2.92. The van der Waals surface area contributed by atoms with Crippen LogP contribution < -0.4 is 14.8 Å². The zero-order valence-corrected chi connectivity index (χ0v) is 16.7. The molecule has 1 amide bonds. The molecule has 0 radical (unpaired) electrons. The SMILES string of the molecule is COc1cc(NC(=O)C2CC2C)c(C(=O)OCc2cccc(Cl)c2)cc1OC. The molecular weight excluding hydrogens is 382 g/mol. The van der Waals surface area contributed by atoms with E-state index in [0.29, 0.717) is 28.1 Å². The maximum Gasteiger partial charge on any atom is 0.340 e. The summed E-state index contributed by atoms with van der Waals surface area (Å²) in [6, 6.07) is 10.1. The molecule has 28 heavy (non-hydrogen) atoms. The van der Waals surface area contributed by atoms with Crippen LogP contribution in [0.15, 0.2) is 36.4 Å². The van der Waals surface area contributed by atoms with Crippen LogP contribution in [0.2, 0.25) is 5.02 Å². The van der Waals surface area contributed by atoms with E-state index < -0.39 is 5.97 Å². The van der Waals surface area contributed by atoms with Gasteiger partial charge in [0.15, 0.2) is 11.5 Å². The van der Waals surface area contributed by atoms with E-state index in [2.05, 4.69) is 5.32 Å². The number of hydrogen-bond acceptors (Lipinski definition) is 5. The van der Waals surface area contributed by atoms with Crippen molar-refractivity contribution in [1.82, 2.24) is 0 Å². The summed E-state index contributed by atoms with van der Waals surface area (Å²) in [7, 11) is 2.96. The lowest BCUT2D eigenvalue weighted by molar-refractivity contribution is -0.117. The highest BCUT2D eigenvalue weighted by Gasteiger charge is 2.39. The van der Waals surface area contributed by atoms with E-state index in [0.717, 1.165) is 12.0 Å². The van der Waals surface area contributed by atoms with Crippen molar-refractivity contribution in [2.24, 2.45) is 11.8 Å². The number of methoxy groups -OCH3 is 2. The maximum absolute atomic E-state index is 12.7. The molecule has 1 aliphatic carbocycles. The molecule has 0 saturated heterocycles. The van der Waals surface area contributed by atoms with Crippen molar-refractivity contribution in [3.05, 3.63) is 52.5 Å². The van der Waals surface area contributed by atoms with E-state index in [4.69, 9.17) is 25.8 Å². The van der Waals surface area contributed by atoms with Gasteiger partial charge < -0.3 is 19.5 Å². The molecule has 1 fully saturated rings. The Morgan fingerprint density at radius 3 is 2.43 bits per heavy atom. The Hall–Kier alpha value is -2.73. The van der Waals surface area contributed by atoms with Crippen LogP contribution in [0.3, 0.4) is 0 Å². The number of anilines is 1. The number of ether oxygens (including phenoxy) is 3. The predicted molar refractivity (Wildman–Crippen MR) is 106 cm³/mol. The fourth-order valence-corrected chi connectivity index (χ4v) is 3.13. The van der Waals surface area contributed by atoms with Crippen molar-refractivity contribution >= 4 is 29.2 Å². The van der Waals surface area contributed by atoms with Gasteiger partial charge in [-0.25, -0.2) is 4.79 Å². The van der Waals surface area contributed by atoms with Gasteiger partial charge in [0.1, 0.15) is 6.61 Å². The van der Waals surface area contributed by atoms with E-state index in [1.165, 1.54) is 20.3 Å². The molecule has 0 aromatic heterocycles. The summed E-state index contributed by atoms with van der Waals surface area (Å²) in [6.07, 6.45) is 0.841. The second-order valence-electron chi connectivity index (χ2n) is 6.77. The Kier molecular flexibility index (Phi) is 6.09. The fraction of sp³-hybridized carbons (Fsp3) is 0.333. The maximum atomic E-state index is 12.7. The Bertz CT molecular complexity index is 898. The second kappa shape index (κ2) is 8.52. The van der Waals surface area contributed by atoms with Crippen LogP contribution in [-0.4, -0.2) is 26.1 Å². The van der Waals surface area contributed by atoms with E-state index in [-0.39, 0.29) is 24.0 Å². The third-order valence-electron chi connectivity index (χ3n) is 4.71. The van der Waals surface area contributed by atoms with Gasteiger partial charge in [-0.2, -0.15) is 0 Å². The van der Waals surface area contributed by atoms with Crippen molar-refractivity contribution in [3.8, 4) is 11.5 Å². The highest BCUT2D eigenvalue weighted by atomic mass is 35.5. The Morgan fingerprint density at radius 2 is 1.82 bits per heavy atom. The molecule has 0 spiro atoms. The smallest absolute Gasteiger partial charge is 0.340 e. The molecule has 2 atom stereocenters.